The van der Waals surface area contributed by atoms with E-state index >= 15 is 0 Å². The Morgan fingerprint density at radius 1 is 0.263 bits per heavy atom. The highest BCUT2D eigenvalue weighted by molar-refractivity contribution is 5.73. The zero-order valence-electron chi connectivity index (χ0n) is 43.6. The Hall–Kier alpha value is -8.64. The first-order valence-electron chi connectivity index (χ1n) is 25.5. The van der Waals surface area contributed by atoms with Gasteiger partial charge in [0.1, 0.15) is 69.0 Å². The summed E-state index contributed by atoms with van der Waals surface area (Å²) in [6.07, 6.45) is 0. The van der Waals surface area contributed by atoms with E-state index in [-0.39, 0.29) is 27.2 Å². The molecule has 384 valence electrons. The van der Waals surface area contributed by atoms with Gasteiger partial charge in [-0.3, -0.25) is 0 Å². The van der Waals surface area contributed by atoms with Crippen molar-refractivity contribution in [2.75, 3.05) is 55.6 Å². The van der Waals surface area contributed by atoms with Crippen LogP contribution in [0.5, 0.6) is 69.0 Å². The third-order valence-electron chi connectivity index (χ3n) is 16.0. The minimum atomic E-state index is -0.460. The van der Waals surface area contributed by atoms with Gasteiger partial charge in [0.25, 0.3) is 0 Å². The van der Waals surface area contributed by atoms with E-state index in [2.05, 4.69) is 100 Å². The molecule has 4 heterocycles. The van der Waals surface area contributed by atoms with Gasteiger partial charge >= 0.3 is 0 Å². The molecule has 4 aliphatic heterocycles. The monoisotopic (exact) mass is 1020 g/mol. The van der Waals surface area contributed by atoms with Crippen molar-refractivity contribution in [2.24, 2.45) is 0 Å². The SMILES string of the molecule is COc1ccc(C2c3cc4c5c(C)c3OCOc3c2cc2c(c3C)OCOc3c(cc6c(c3C)OCOc3c(cc(c(c3C)OCO5)C4c3ccc(OC)cc3)C6c3ccc(OC)cc3)C2c2ccc(OC)cc2)cc1. The lowest BCUT2D eigenvalue weighted by molar-refractivity contribution is 0.0967. The van der Waals surface area contributed by atoms with E-state index < -0.39 is 23.7 Å². The van der Waals surface area contributed by atoms with Crippen molar-refractivity contribution in [3.63, 3.8) is 0 Å². The number of hydrogen-bond donors (Lipinski definition) is 0. The summed E-state index contributed by atoms with van der Waals surface area (Å²) in [7, 11) is 6.73. The Morgan fingerprint density at radius 2 is 0.421 bits per heavy atom. The van der Waals surface area contributed by atoms with Crippen LogP contribution in [0.1, 0.15) is 113 Å². The standard InChI is InChI=1S/C64H56O12/c1-33-57-45-25-46-54(38-11-19-42(66-6)20-12-38)48-27-50-56(40-15-23-44(68-8)24-16-40)52-28-51-55(39-13-21-43(67-7)22-14-39)49-26-47(53(45)37-9-17-41(65-5)18-10-37)59(71-29-69-57)34(2)61(49)73-31-75-63(51)36(4)64(52)76-32-74-62(50)35(3)60(48)72-30-70-58(33)46/h9-28,53-56H,29-32H2,1-8H3. The average molecular weight is 1020 g/mol. The van der Waals surface area contributed by atoms with Crippen LogP contribution in [0.25, 0.3) is 0 Å². The van der Waals surface area contributed by atoms with Gasteiger partial charge in [-0.25, -0.2) is 0 Å². The van der Waals surface area contributed by atoms with Crippen LogP contribution in [-0.2, 0) is 0 Å². The Kier molecular flexibility index (Phi) is 11.5. The van der Waals surface area contributed by atoms with Crippen LogP contribution in [0.3, 0.4) is 0 Å². The zero-order chi connectivity index (χ0) is 51.9. The summed E-state index contributed by atoms with van der Waals surface area (Å²) in [5, 5.41) is 0. The third kappa shape index (κ3) is 7.39. The van der Waals surface area contributed by atoms with Gasteiger partial charge < -0.3 is 56.8 Å². The molecule has 0 aromatic heterocycles. The summed E-state index contributed by atoms with van der Waals surface area (Å²) >= 11 is 0. The van der Waals surface area contributed by atoms with Gasteiger partial charge in [0.05, 0.1) is 28.4 Å². The number of rotatable bonds is 8. The van der Waals surface area contributed by atoms with E-state index in [9.17, 15) is 0 Å². The number of ether oxygens (including phenoxy) is 12. The quantitative estimate of drug-likeness (QED) is 0.144. The van der Waals surface area contributed by atoms with Crippen LogP contribution in [0.4, 0.5) is 0 Å². The predicted molar refractivity (Wildman–Crippen MR) is 285 cm³/mol. The first-order valence-corrected chi connectivity index (χ1v) is 25.5. The highest BCUT2D eigenvalue weighted by Crippen LogP contribution is 2.59. The fourth-order valence-electron chi connectivity index (χ4n) is 12.5. The molecular weight excluding hydrogens is 961 g/mol. The van der Waals surface area contributed by atoms with Crippen molar-refractivity contribution in [3.05, 3.63) is 210 Å². The van der Waals surface area contributed by atoms with E-state index in [0.29, 0.717) is 46.0 Å². The minimum Gasteiger partial charge on any atom is -0.497 e. The van der Waals surface area contributed by atoms with Crippen molar-refractivity contribution in [1.82, 2.24) is 0 Å². The Balaban J connectivity index is 1.24. The third-order valence-corrected chi connectivity index (χ3v) is 16.0. The largest absolute Gasteiger partial charge is 0.497 e. The van der Waals surface area contributed by atoms with Gasteiger partial charge in [0, 0.05) is 90.4 Å². The summed E-state index contributed by atoms with van der Waals surface area (Å²) < 4.78 is 78.1. The van der Waals surface area contributed by atoms with E-state index in [1.165, 1.54) is 0 Å². The van der Waals surface area contributed by atoms with Crippen molar-refractivity contribution in [2.45, 2.75) is 51.4 Å². The molecule has 76 heavy (non-hydrogen) atoms. The average Bonchev–Trinajstić information content (AvgIpc) is 3.44. The molecule has 0 unspecified atom stereocenters. The molecule has 0 fully saturated rings. The molecule has 0 radical (unpaired) electrons. The first kappa shape index (κ1) is 47.1. The second-order valence-electron chi connectivity index (χ2n) is 19.8. The van der Waals surface area contributed by atoms with Crippen molar-refractivity contribution >= 4 is 0 Å². The molecule has 12 heteroatoms. The van der Waals surface area contributed by atoms with Crippen LogP contribution in [0, 0.1) is 27.7 Å². The van der Waals surface area contributed by atoms with Crippen molar-refractivity contribution in [3.8, 4) is 69.0 Å². The molecule has 0 amide bonds. The molecule has 0 N–H and O–H groups in total. The summed E-state index contributed by atoms with van der Waals surface area (Å²) in [5.41, 5.74) is 14.7. The molecule has 0 saturated heterocycles. The lowest BCUT2D eigenvalue weighted by Gasteiger charge is -2.37. The van der Waals surface area contributed by atoms with Crippen LogP contribution in [0.15, 0.2) is 121 Å². The van der Waals surface area contributed by atoms with Gasteiger partial charge in [0.15, 0.2) is 0 Å². The lowest BCUT2D eigenvalue weighted by Crippen LogP contribution is -2.25. The molecule has 8 aromatic carbocycles. The van der Waals surface area contributed by atoms with Gasteiger partial charge in [0.2, 0.25) is 27.2 Å². The van der Waals surface area contributed by atoms with Gasteiger partial charge in [-0.2, -0.15) is 0 Å². The van der Waals surface area contributed by atoms with Crippen molar-refractivity contribution < 1.29 is 56.8 Å². The summed E-state index contributed by atoms with van der Waals surface area (Å²) in [4.78, 5) is 0. The van der Waals surface area contributed by atoms with Gasteiger partial charge in [-0.05, 0) is 123 Å². The molecule has 0 saturated carbocycles. The molecule has 8 bridgehead atoms. The zero-order valence-corrected chi connectivity index (χ0v) is 43.6. The fraction of sp³-hybridized carbons (Fsp3) is 0.250. The van der Waals surface area contributed by atoms with Crippen LogP contribution < -0.4 is 56.8 Å². The van der Waals surface area contributed by atoms with E-state index in [1.807, 2.05) is 48.5 Å². The highest BCUT2D eigenvalue weighted by atomic mass is 16.7. The minimum absolute atomic E-state index is 0.0829. The Labute approximate surface area is 441 Å². The van der Waals surface area contributed by atoms with E-state index in [0.717, 1.165) is 112 Å². The van der Waals surface area contributed by atoms with Crippen LogP contribution >= 0.6 is 0 Å². The molecule has 8 aromatic rings. The lowest BCUT2D eigenvalue weighted by atomic mass is 9.73. The number of benzene rings is 8. The molecular formula is C64H56O12. The maximum Gasteiger partial charge on any atom is 0.230 e. The summed E-state index contributed by atoms with van der Waals surface area (Å²) in [6, 6.07) is 42.2. The van der Waals surface area contributed by atoms with Crippen LogP contribution in [-0.4, -0.2) is 55.6 Å². The molecule has 0 atom stereocenters. The Morgan fingerprint density at radius 3 is 0.566 bits per heavy atom. The normalized spacial score (nSPS) is 18.1. The fourth-order valence-corrected chi connectivity index (χ4v) is 12.5. The van der Waals surface area contributed by atoms with Gasteiger partial charge in [-0.1, -0.05) is 48.5 Å². The predicted octanol–water partition coefficient (Wildman–Crippen LogP) is 12.9. The number of methoxy groups -OCH3 is 4. The number of hydrogen-bond acceptors (Lipinski definition) is 12. The summed E-state index contributed by atoms with van der Waals surface area (Å²) in [6.45, 7) is 7.92. The smallest absolute Gasteiger partial charge is 0.230 e. The molecule has 13 rings (SSSR count). The van der Waals surface area contributed by atoms with Crippen molar-refractivity contribution in [1.29, 1.82) is 0 Å². The second kappa shape index (κ2) is 18.6. The first-order chi connectivity index (χ1) is 37.2. The van der Waals surface area contributed by atoms with E-state index in [1.54, 1.807) is 28.4 Å². The topological polar surface area (TPSA) is 111 Å². The molecule has 12 nitrogen and oxygen atoms in total. The highest BCUT2D eigenvalue weighted by Gasteiger charge is 2.42. The maximum atomic E-state index is 6.88. The maximum absolute atomic E-state index is 6.88. The van der Waals surface area contributed by atoms with E-state index in [4.69, 9.17) is 56.8 Å². The summed E-state index contributed by atoms with van der Waals surface area (Å²) in [5.74, 6) is 6.34. The Bertz CT molecular complexity index is 2990. The second-order valence-corrected chi connectivity index (χ2v) is 19.8. The molecule has 0 spiro atoms. The van der Waals surface area contributed by atoms with Crippen LogP contribution in [0.2, 0.25) is 0 Å². The molecule has 5 aliphatic rings. The van der Waals surface area contributed by atoms with Gasteiger partial charge in [-0.15, -0.1) is 0 Å². The molecule has 1 aliphatic carbocycles.